The van der Waals surface area contributed by atoms with Crippen LogP contribution in [0.5, 0.6) is 0 Å². The maximum Gasteiger partial charge on any atom is 0.315 e. The molecule has 2 aromatic rings. The Labute approximate surface area is 225 Å². The number of amides is 3. The van der Waals surface area contributed by atoms with Gasteiger partial charge in [0.15, 0.2) is 0 Å². The van der Waals surface area contributed by atoms with Crippen molar-refractivity contribution in [2.75, 3.05) is 11.9 Å². The van der Waals surface area contributed by atoms with Crippen molar-refractivity contribution in [2.24, 2.45) is 17.8 Å². The summed E-state index contributed by atoms with van der Waals surface area (Å²) in [6.07, 6.45) is 14.6. The number of nitrogens with zero attached hydrogens (tertiary/aromatic N) is 1. The predicted octanol–water partition coefficient (Wildman–Crippen LogP) is 5.56. The molecule has 38 heavy (non-hydrogen) atoms. The van der Waals surface area contributed by atoms with Gasteiger partial charge in [0.2, 0.25) is 5.91 Å². The predicted molar refractivity (Wildman–Crippen MR) is 150 cm³/mol. The summed E-state index contributed by atoms with van der Waals surface area (Å²) in [6.45, 7) is 1.25. The van der Waals surface area contributed by atoms with Crippen LogP contribution in [0.2, 0.25) is 0 Å². The molecule has 6 rings (SSSR count). The van der Waals surface area contributed by atoms with E-state index in [4.69, 9.17) is 0 Å². The highest BCUT2D eigenvalue weighted by Gasteiger charge is 2.49. The van der Waals surface area contributed by atoms with Gasteiger partial charge in [-0.15, -0.1) is 0 Å². The molecule has 0 bridgehead atoms. The van der Waals surface area contributed by atoms with E-state index in [9.17, 15) is 9.59 Å². The van der Waals surface area contributed by atoms with Crippen LogP contribution < -0.4 is 16.0 Å². The number of hydrogen-bond acceptors (Lipinski definition) is 3. The van der Waals surface area contributed by atoms with Gasteiger partial charge in [-0.1, -0.05) is 85.7 Å². The van der Waals surface area contributed by atoms with Gasteiger partial charge in [-0.3, -0.25) is 4.79 Å². The summed E-state index contributed by atoms with van der Waals surface area (Å²) in [7, 11) is 0. The second kappa shape index (κ2) is 11.1. The van der Waals surface area contributed by atoms with Crippen molar-refractivity contribution in [1.82, 2.24) is 15.5 Å². The van der Waals surface area contributed by atoms with Gasteiger partial charge in [-0.05, 0) is 42.9 Å². The van der Waals surface area contributed by atoms with Crippen molar-refractivity contribution in [3.63, 3.8) is 0 Å². The molecule has 1 saturated heterocycles. The fourth-order valence-corrected chi connectivity index (χ4v) is 7.11. The molecule has 4 aliphatic rings. The molecule has 6 atom stereocenters. The Morgan fingerprint density at radius 1 is 0.947 bits per heavy atom. The lowest BCUT2D eigenvalue weighted by Crippen LogP contribution is -2.52. The average Bonchev–Trinajstić information content (AvgIpc) is 3.42. The number of anilines is 1. The number of nitrogens with one attached hydrogen (secondary N) is 3. The molecule has 0 spiro atoms. The normalized spacial score (nSPS) is 29.6. The first kappa shape index (κ1) is 24.8. The molecule has 2 heterocycles. The Balaban J connectivity index is 1.19. The number of carbonyl (C=O) groups is 2. The lowest BCUT2D eigenvalue weighted by molar-refractivity contribution is -0.138. The number of hydrogen-bond donors (Lipinski definition) is 3. The Hall–Kier alpha value is -3.54. The molecule has 0 aromatic heterocycles. The van der Waals surface area contributed by atoms with Crippen LogP contribution in [-0.2, 0) is 11.3 Å². The zero-order valence-electron chi connectivity index (χ0n) is 21.9. The monoisotopic (exact) mass is 510 g/mol. The minimum atomic E-state index is -0.192. The molecule has 0 radical (unpaired) electrons. The van der Waals surface area contributed by atoms with E-state index in [1.165, 1.54) is 5.56 Å². The molecule has 3 N–H and O–H groups in total. The highest BCUT2D eigenvalue weighted by Crippen LogP contribution is 2.49. The summed E-state index contributed by atoms with van der Waals surface area (Å²) in [5.41, 5.74) is 3.44. The van der Waals surface area contributed by atoms with Gasteiger partial charge in [0.05, 0.1) is 12.0 Å². The van der Waals surface area contributed by atoms with E-state index in [0.717, 1.165) is 56.3 Å². The topological polar surface area (TPSA) is 73.5 Å². The van der Waals surface area contributed by atoms with Gasteiger partial charge in [0.1, 0.15) is 0 Å². The van der Waals surface area contributed by atoms with Crippen LogP contribution in [0.4, 0.5) is 10.5 Å². The van der Waals surface area contributed by atoms with E-state index in [1.54, 1.807) is 0 Å². The SMILES string of the molecule is O=C(NCc1ccccc1)N[C@@H]1CCCC[C@@H]1C(=O)N1CC[C@@H]2[C@H](C3C=CC=CC3)Nc3ccccc3[C@@H]21. The third kappa shape index (κ3) is 4.96. The van der Waals surface area contributed by atoms with E-state index in [0.29, 0.717) is 24.4 Å². The van der Waals surface area contributed by atoms with E-state index in [2.05, 4.69) is 69.4 Å². The van der Waals surface area contributed by atoms with Crippen molar-refractivity contribution in [2.45, 2.75) is 63.2 Å². The van der Waals surface area contributed by atoms with Crippen LogP contribution in [-0.4, -0.2) is 35.5 Å². The van der Waals surface area contributed by atoms with Gasteiger partial charge in [0.25, 0.3) is 0 Å². The van der Waals surface area contributed by atoms with Crippen LogP contribution in [0, 0.1) is 17.8 Å². The van der Waals surface area contributed by atoms with Crippen LogP contribution in [0.15, 0.2) is 78.9 Å². The summed E-state index contributed by atoms with van der Waals surface area (Å²) in [4.78, 5) is 29.2. The van der Waals surface area contributed by atoms with Crippen LogP contribution in [0.1, 0.15) is 55.7 Å². The lowest BCUT2D eigenvalue weighted by Gasteiger charge is -2.44. The number of urea groups is 1. The van der Waals surface area contributed by atoms with Crippen molar-refractivity contribution in [3.8, 4) is 0 Å². The minimum absolute atomic E-state index is 0.0822. The Bertz CT molecular complexity index is 1210. The van der Waals surface area contributed by atoms with Crippen molar-refractivity contribution in [1.29, 1.82) is 0 Å². The first-order chi connectivity index (χ1) is 18.7. The molecule has 6 heteroatoms. The summed E-state index contributed by atoms with van der Waals surface area (Å²) in [5, 5.41) is 10.0. The lowest BCUT2D eigenvalue weighted by atomic mass is 9.75. The fraction of sp³-hybridized carbons (Fsp3) is 0.438. The molecule has 2 aromatic carbocycles. The van der Waals surface area contributed by atoms with Gasteiger partial charge < -0.3 is 20.9 Å². The highest BCUT2D eigenvalue weighted by atomic mass is 16.2. The molecule has 198 valence electrons. The summed E-state index contributed by atoms with van der Waals surface area (Å²) < 4.78 is 0. The Morgan fingerprint density at radius 3 is 2.61 bits per heavy atom. The van der Waals surface area contributed by atoms with Gasteiger partial charge in [-0.2, -0.15) is 0 Å². The van der Waals surface area contributed by atoms with Gasteiger partial charge in [0, 0.05) is 42.7 Å². The third-order valence-corrected chi connectivity index (χ3v) is 8.96. The molecule has 1 saturated carbocycles. The molecular weight excluding hydrogens is 472 g/mol. The summed E-state index contributed by atoms with van der Waals surface area (Å²) in [5.74, 6) is 0.829. The average molecular weight is 511 g/mol. The quantitative estimate of drug-likeness (QED) is 0.493. The largest absolute Gasteiger partial charge is 0.381 e. The summed E-state index contributed by atoms with van der Waals surface area (Å²) >= 11 is 0. The third-order valence-electron chi connectivity index (χ3n) is 8.96. The molecule has 2 aliphatic carbocycles. The first-order valence-corrected chi connectivity index (χ1v) is 14.3. The molecule has 1 unspecified atom stereocenters. The first-order valence-electron chi connectivity index (χ1n) is 14.3. The maximum atomic E-state index is 14.2. The Kier molecular flexibility index (Phi) is 7.21. The molecular formula is C32H38N4O2. The van der Waals surface area contributed by atoms with Gasteiger partial charge >= 0.3 is 6.03 Å². The van der Waals surface area contributed by atoms with Crippen molar-refractivity contribution < 1.29 is 9.59 Å². The second-order valence-corrected chi connectivity index (χ2v) is 11.2. The van der Waals surface area contributed by atoms with E-state index >= 15 is 0 Å². The molecule has 6 nitrogen and oxygen atoms in total. The smallest absolute Gasteiger partial charge is 0.315 e. The molecule has 2 aliphatic heterocycles. The zero-order chi connectivity index (χ0) is 25.9. The van der Waals surface area contributed by atoms with Crippen LogP contribution in [0.25, 0.3) is 0 Å². The maximum absolute atomic E-state index is 14.2. The second-order valence-electron chi connectivity index (χ2n) is 11.2. The summed E-state index contributed by atoms with van der Waals surface area (Å²) in [6, 6.07) is 18.5. The number of benzene rings is 2. The molecule has 2 fully saturated rings. The number of para-hydroxylation sites is 1. The van der Waals surface area contributed by atoms with Crippen molar-refractivity contribution >= 4 is 17.6 Å². The van der Waals surface area contributed by atoms with E-state index in [-0.39, 0.29) is 29.9 Å². The van der Waals surface area contributed by atoms with Crippen molar-refractivity contribution in [3.05, 3.63) is 90.0 Å². The molecule has 3 amide bonds. The minimum Gasteiger partial charge on any atom is -0.381 e. The van der Waals surface area contributed by atoms with Gasteiger partial charge in [-0.25, -0.2) is 4.79 Å². The number of rotatable bonds is 5. The van der Waals surface area contributed by atoms with Crippen LogP contribution in [0.3, 0.4) is 0 Å². The number of fused-ring (bicyclic) bond motifs is 3. The zero-order valence-corrected chi connectivity index (χ0v) is 21.9. The number of carbonyl (C=O) groups excluding carboxylic acids is 2. The number of likely N-dealkylation sites (tertiary alicyclic amines) is 1. The van der Waals surface area contributed by atoms with Crippen LogP contribution >= 0.6 is 0 Å². The van der Waals surface area contributed by atoms with E-state index in [1.807, 2.05) is 30.3 Å². The van der Waals surface area contributed by atoms with E-state index < -0.39 is 0 Å². The highest BCUT2D eigenvalue weighted by molar-refractivity contribution is 5.82. The fourth-order valence-electron chi connectivity index (χ4n) is 7.11. The standard InChI is InChI=1S/C32H38N4O2/c37-31(25-16-8-10-18-28(25)35-32(38)33-21-22-11-3-1-4-12-22)36-20-19-26-29(23-13-5-2-6-14-23)34-27-17-9-7-15-24(27)30(26)36/h1-7,9,11-13,15,17,23,25-26,28-30,34H,8,10,14,16,18-21H2,(H2,33,35,38)/t23?,25-,26+,28+,29-,30-/m0/s1. The number of allylic oxidation sites excluding steroid dienone is 3. The Morgan fingerprint density at radius 2 is 1.76 bits per heavy atom.